The number of aromatic nitrogens is 3. The van der Waals surface area contributed by atoms with Crippen LogP contribution in [0.3, 0.4) is 0 Å². The van der Waals surface area contributed by atoms with Gasteiger partial charge >= 0.3 is 0 Å². The number of halogens is 2. The number of anilines is 1. The van der Waals surface area contributed by atoms with Gasteiger partial charge in [-0.05, 0) is 28.1 Å². The summed E-state index contributed by atoms with van der Waals surface area (Å²) >= 11 is 3.12. The first-order valence-corrected chi connectivity index (χ1v) is 5.36. The number of carbonyl (C=O) groups excluding carboxylic acids is 1. The molecule has 0 radical (unpaired) electrons. The van der Waals surface area contributed by atoms with E-state index in [9.17, 15) is 9.18 Å². The van der Waals surface area contributed by atoms with Crippen molar-refractivity contribution in [2.75, 3.05) is 5.32 Å². The number of nitrogens with one attached hydrogen (secondary N) is 1. The molecule has 0 unspecified atom stereocenters. The lowest BCUT2D eigenvalue weighted by molar-refractivity contribution is 0.102. The fourth-order valence-electron chi connectivity index (χ4n) is 1.09. The predicted molar refractivity (Wildman–Crippen MR) is 61.9 cm³/mol. The lowest BCUT2D eigenvalue weighted by Crippen LogP contribution is -2.15. The standard InChI is InChI=1S/C10H6BrFN4O/c11-7-4-14-9(5-13-7)16-10(17)6-2-1-3-8(12)15-6/h1-5H,(H,14,16,17). The Morgan fingerprint density at radius 1 is 1.29 bits per heavy atom. The largest absolute Gasteiger partial charge is 0.304 e. The van der Waals surface area contributed by atoms with Gasteiger partial charge in [0.15, 0.2) is 5.82 Å². The first-order chi connectivity index (χ1) is 8.15. The minimum Gasteiger partial charge on any atom is -0.304 e. The fraction of sp³-hybridized carbons (Fsp3) is 0. The first-order valence-electron chi connectivity index (χ1n) is 4.56. The molecule has 0 spiro atoms. The van der Waals surface area contributed by atoms with Gasteiger partial charge in [0.1, 0.15) is 10.3 Å². The molecule has 0 saturated heterocycles. The smallest absolute Gasteiger partial charge is 0.275 e. The Labute approximate surface area is 104 Å². The monoisotopic (exact) mass is 296 g/mol. The van der Waals surface area contributed by atoms with Crippen LogP contribution in [-0.4, -0.2) is 20.9 Å². The van der Waals surface area contributed by atoms with E-state index in [2.05, 4.69) is 36.2 Å². The molecule has 2 heterocycles. The number of hydrogen-bond donors (Lipinski definition) is 1. The number of amides is 1. The predicted octanol–water partition coefficient (Wildman–Crippen LogP) is 2.03. The Hall–Kier alpha value is -1.89. The summed E-state index contributed by atoms with van der Waals surface area (Å²) in [5.41, 5.74) is -0.0188. The Kier molecular flexibility index (Phi) is 3.38. The molecule has 1 N–H and O–H groups in total. The molecule has 2 aromatic heterocycles. The minimum absolute atomic E-state index is 0.0188. The van der Waals surface area contributed by atoms with E-state index in [1.807, 2.05) is 0 Å². The van der Waals surface area contributed by atoms with Crippen LogP contribution in [0.15, 0.2) is 35.2 Å². The van der Waals surface area contributed by atoms with Gasteiger partial charge in [-0.25, -0.2) is 15.0 Å². The fourth-order valence-corrected chi connectivity index (χ4v) is 1.30. The van der Waals surface area contributed by atoms with E-state index in [0.717, 1.165) is 6.07 Å². The van der Waals surface area contributed by atoms with E-state index in [-0.39, 0.29) is 11.5 Å². The number of hydrogen-bond acceptors (Lipinski definition) is 4. The highest BCUT2D eigenvalue weighted by Crippen LogP contribution is 2.07. The summed E-state index contributed by atoms with van der Waals surface area (Å²) in [6, 6.07) is 3.98. The summed E-state index contributed by atoms with van der Waals surface area (Å²) < 4.78 is 13.3. The van der Waals surface area contributed by atoms with Gasteiger partial charge < -0.3 is 5.32 Å². The Morgan fingerprint density at radius 3 is 2.76 bits per heavy atom. The summed E-state index contributed by atoms with van der Waals surface area (Å²) in [6.45, 7) is 0. The highest BCUT2D eigenvalue weighted by Gasteiger charge is 2.09. The van der Waals surface area contributed by atoms with Gasteiger partial charge in [-0.15, -0.1) is 0 Å². The summed E-state index contributed by atoms with van der Waals surface area (Å²) in [5.74, 6) is -0.982. The average molecular weight is 297 g/mol. The molecule has 7 heteroatoms. The Balaban J connectivity index is 2.14. The molecule has 2 aromatic rings. The van der Waals surface area contributed by atoms with Crippen LogP contribution in [0, 0.1) is 5.95 Å². The molecule has 0 saturated carbocycles. The topological polar surface area (TPSA) is 67.8 Å². The van der Waals surface area contributed by atoms with E-state index in [1.165, 1.54) is 24.5 Å². The molecule has 0 bridgehead atoms. The van der Waals surface area contributed by atoms with Crippen LogP contribution < -0.4 is 5.32 Å². The first kappa shape index (κ1) is 11.6. The molecular weight excluding hydrogens is 291 g/mol. The quantitative estimate of drug-likeness (QED) is 0.861. The highest BCUT2D eigenvalue weighted by molar-refractivity contribution is 9.10. The van der Waals surface area contributed by atoms with Gasteiger partial charge in [0.05, 0.1) is 12.4 Å². The zero-order chi connectivity index (χ0) is 12.3. The van der Waals surface area contributed by atoms with Crippen molar-refractivity contribution in [2.45, 2.75) is 0 Å². The minimum atomic E-state index is -0.709. The lowest BCUT2D eigenvalue weighted by Gasteiger charge is -2.02. The Morgan fingerprint density at radius 2 is 2.12 bits per heavy atom. The highest BCUT2D eigenvalue weighted by atomic mass is 79.9. The normalized spacial score (nSPS) is 10.0. The van der Waals surface area contributed by atoms with Gasteiger partial charge in [-0.1, -0.05) is 6.07 Å². The van der Waals surface area contributed by atoms with Crippen LogP contribution in [0.25, 0.3) is 0 Å². The molecule has 1 amide bonds. The number of nitrogens with zero attached hydrogens (tertiary/aromatic N) is 3. The van der Waals surface area contributed by atoms with E-state index < -0.39 is 11.9 Å². The Bertz CT molecular complexity index is 546. The number of rotatable bonds is 2. The average Bonchev–Trinajstić information content (AvgIpc) is 2.32. The lowest BCUT2D eigenvalue weighted by atomic mass is 10.3. The second-order valence-electron chi connectivity index (χ2n) is 3.02. The summed E-state index contributed by atoms with van der Waals surface area (Å²) in [7, 11) is 0. The van der Waals surface area contributed by atoms with Gasteiger partial charge in [0.2, 0.25) is 5.95 Å². The maximum atomic E-state index is 12.8. The van der Waals surface area contributed by atoms with Crippen LogP contribution >= 0.6 is 15.9 Å². The summed E-state index contributed by atoms with van der Waals surface area (Å²) in [4.78, 5) is 22.9. The zero-order valence-corrected chi connectivity index (χ0v) is 9.98. The molecule has 86 valence electrons. The third-order valence-electron chi connectivity index (χ3n) is 1.81. The maximum absolute atomic E-state index is 12.8. The molecule has 0 aliphatic heterocycles. The number of pyridine rings is 1. The van der Waals surface area contributed by atoms with Gasteiger partial charge in [0, 0.05) is 0 Å². The van der Waals surface area contributed by atoms with Crippen molar-refractivity contribution in [2.24, 2.45) is 0 Å². The van der Waals surface area contributed by atoms with Gasteiger partial charge in [-0.3, -0.25) is 4.79 Å². The van der Waals surface area contributed by atoms with Crippen molar-refractivity contribution in [3.63, 3.8) is 0 Å². The molecule has 0 atom stereocenters. The van der Waals surface area contributed by atoms with Gasteiger partial charge in [0.25, 0.3) is 5.91 Å². The van der Waals surface area contributed by atoms with Gasteiger partial charge in [-0.2, -0.15) is 4.39 Å². The number of carbonyl (C=O) groups is 1. The van der Waals surface area contributed by atoms with E-state index in [0.29, 0.717) is 4.60 Å². The molecular formula is C10H6BrFN4O. The van der Waals surface area contributed by atoms with Crippen LogP contribution in [0.1, 0.15) is 10.5 Å². The maximum Gasteiger partial charge on any atom is 0.275 e. The van der Waals surface area contributed by atoms with Crippen molar-refractivity contribution in [3.8, 4) is 0 Å². The summed E-state index contributed by atoms with van der Waals surface area (Å²) in [6.07, 6.45) is 2.82. The molecule has 0 aliphatic rings. The van der Waals surface area contributed by atoms with Crippen molar-refractivity contribution in [1.29, 1.82) is 0 Å². The zero-order valence-electron chi connectivity index (χ0n) is 8.39. The summed E-state index contributed by atoms with van der Waals surface area (Å²) in [5, 5.41) is 2.45. The third-order valence-corrected chi connectivity index (χ3v) is 2.22. The van der Waals surface area contributed by atoms with Crippen LogP contribution in [-0.2, 0) is 0 Å². The van der Waals surface area contributed by atoms with Crippen molar-refractivity contribution in [1.82, 2.24) is 15.0 Å². The molecule has 5 nitrogen and oxygen atoms in total. The van der Waals surface area contributed by atoms with E-state index in [1.54, 1.807) is 0 Å². The van der Waals surface area contributed by atoms with E-state index >= 15 is 0 Å². The molecule has 2 rings (SSSR count). The molecule has 0 aromatic carbocycles. The SMILES string of the molecule is O=C(Nc1cnc(Br)cn1)c1cccc(F)n1. The second-order valence-corrected chi connectivity index (χ2v) is 3.84. The van der Waals surface area contributed by atoms with Crippen LogP contribution in [0.2, 0.25) is 0 Å². The second kappa shape index (κ2) is 4.96. The van der Waals surface area contributed by atoms with Crippen LogP contribution in [0.4, 0.5) is 10.2 Å². The third kappa shape index (κ3) is 3.04. The van der Waals surface area contributed by atoms with E-state index in [4.69, 9.17) is 0 Å². The molecule has 0 aliphatic carbocycles. The van der Waals surface area contributed by atoms with Crippen molar-refractivity contribution < 1.29 is 9.18 Å². The molecule has 0 fully saturated rings. The van der Waals surface area contributed by atoms with Crippen molar-refractivity contribution in [3.05, 3.63) is 46.8 Å². The van der Waals surface area contributed by atoms with Crippen molar-refractivity contribution >= 4 is 27.7 Å². The molecule has 17 heavy (non-hydrogen) atoms. The van der Waals surface area contributed by atoms with Crippen LogP contribution in [0.5, 0.6) is 0 Å².